The number of ketones is 1. The molecule has 4 aromatic rings. The molecule has 0 saturated heterocycles. The number of nitrogens with one attached hydrogen (secondary N) is 1. The summed E-state index contributed by atoms with van der Waals surface area (Å²) < 4.78 is 104. The highest BCUT2D eigenvalue weighted by Crippen LogP contribution is 2.41. The fourth-order valence-electron chi connectivity index (χ4n) is 8.20. The van der Waals surface area contributed by atoms with Crippen LogP contribution in [0.4, 0.5) is 30.7 Å². The van der Waals surface area contributed by atoms with Gasteiger partial charge in [0.1, 0.15) is 23.2 Å². The second-order valence-corrected chi connectivity index (χ2v) is 21.5. The zero-order valence-electron chi connectivity index (χ0n) is 45.3. The van der Waals surface area contributed by atoms with E-state index < -0.39 is 51.9 Å². The minimum absolute atomic E-state index is 0.0324. The molecule has 3 atom stereocenters. The number of halogens is 8. The molecule has 2 aromatic heterocycles. The minimum atomic E-state index is -4.00. The molecule has 73 heavy (non-hydrogen) atoms. The molecule has 0 amide bonds. The summed E-state index contributed by atoms with van der Waals surface area (Å²) in [6, 6.07) is 10.1. The summed E-state index contributed by atoms with van der Waals surface area (Å²) in [5.74, 6) is -5.16. The first-order valence-electron chi connectivity index (χ1n) is 25.8. The van der Waals surface area contributed by atoms with E-state index in [0.29, 0.717) is 63.4 Å². The number of fused-ring (bicyclic) bond motifs is 1. The molecule has 5 rings (SSSR count). The first-order valence-corrected chi connectivity index (χ1v) is 28.1. The first kappa shape index (κ1) is 67.0. The van der Waals surface area contributed by atoms with Gasteiger partial charge in [0.2, 0.25) is 5.92 Å². The lowest BCUT2D eigenvalue weighted by Gasteiger charge is -2.28. The Morgan fingerprint density at radius 3 is 1.90 bits per heavy atom. The van der Waals surface area contributed by atoms with Gasteiger partial charge >= 0.3 is 6.18 Å². The van der Waals surface area contributed by atoms with Crippen molar-refractivity contribution in [2.24, 2.45) is 23.5 Å². The van der Waals surface area contributed by atoms with Crippen LogP contribution in [0.5, 0.6) is 0 Å². The minimum Gasteiger partial charge on any atom is -0.324 e. The number of aromatic nitrogens is 3. The van der Waals surface area contributed by atoms with Crippen LogP contribution in [-0.4, -0.2) is 61.4 Å². The average Bonchev–Trinajstić information content (AvgIpc) is 3.30. The zero-order chi connectivity index (χ0) is 55.8. The topological polar surface area (TPSA) is 132 Å². The number of alkyl halides is 5. The van der Waals surface area contributed by atoms with Gasteiger partial charge in [0.15, 0.2) is 5.65 Å². The number of nitrogens with zero attached hydrogens (tertiary/aromatic N) is 3. The van der Waals surface area contributed by atoms with Gasteiger partial charge in [-0.05, 0) is 112 Å². The molecule has 1 aliphatic rings. The number of carbonyl (C=O) groups excluding carboxylic acids is 1. The molecule has 3 N–H and O–H groups in total. The highest BCUT2D eigenvalue weighted by Gasteiger charge is 2.38. The van der Waals surface area contributed by atoms with Crippen LogP contribution in [0.2, 0.25) is 5.02 Å². The van der Waals surface area contributed by atoms with Gasteiger partial charge in [0.25, 0.3) is 5.56 Å². The van der Waals surface area contributed by atoms with Crippen LogP contribution in [-0.2, 0) is 22.0 Å². The summed E-state index contributed by atoms with van der Waals surface area (Å²) in [5, 5.41) is 9.33. The van der Waals surface area contributed by atoms with E-state index in [1.54, 1.807) is 43.7 Å². The number of pyridine rings is 1. The van der Waals surface area contributed by atoms with Crippen molar-refractivity contribution in [3.05, 3.63) is 97.7 Å². The van der Waals surface area contributed by atoms with Crippen molar-refractivity contribution in [2.45, 2.75) is 189 Å². The summed E-state index contributed by atoms with van der Waals surface area (Å²) in [5.41, 5.74) is 7.69. The SMILES string of the molecule is CC(=O)CN.CCC(C)CCC(CC)C(F)(F)F.CCCC(=N)c1c(Cl)ccc(-n2c(C(Cc3cc(F)cc(F)c3)C(C)C)nc3nc(C4CCC(F)(F)CC4)ccc3c2=O)c1C.CCCCCC.CS(C)=O. The fourth-order valence-corrected chi connectivity index (χ4v) is 8.51. The highest BCUT2D eigenvalue weighted by molar-refractivity contribution is 7.83. The Labute approximate surface area is 438 Å². The lowest BCUT2D eigenvalue weighted by molar-refractivity contribution is -0.177. The normalized spacial score (nSPS) is 14.6. The Morgan fingerprint density at radius 2 is 1.45 bits per heavy atom. The monoisotopic (exact) mass is 1070 g/mol. The molecule has 0 bridgehead atoms. The molecular weight excluding hydrogens is 991 g/mol. The number of unbranched alkanes of at least 4 members (excludes halogenated alkanes) is 3. The van der Waals surface area contributed by atoms with E-state index in [1.165, 1.54) is 49.3 Å². The molecule has 8 nitrogen and oxygen atoms in total. The lowest BCUT2D eigenvalue weighted by atomic mass is 9.84. The molecule has 1 aliphatic carbocycles. The largest absolute Gasteiger partial charge is 0.391 e. The van der Waals surface area contributed by atoms with E-state index >= 15 is 0 Å². The predicted octanol–water partition coefficient (Wildman–Crippen LogP) is 16.0. The Kier molecular flexibility index (Phi) is 30.4. The number of Topliss-reactive ketones (excluding diaryl/α,β-unsaturated/α-hetero) is 1. The fraction of sp³-hybridized carbons (Fsp3) is 0.625. The predicted molar refractivity (Wildman–Crippen MR) is 288 cm³/mol. The Balaban J connectivity index is 0.000000776. The van der Waals surface area contributed by atoms with Gasteiger partial charge in [-0.2, -0.15) is 13.2 Å². The smallest absolute Gasteiger partial charge is 0.324 e. The molecule has 0 spiro atoms. The van der Waals surface area contributed by atoms with Crippen molar-refractivity contribution >= 4 is 44.9 Å². The number of rotatable bonds is 18. The van der Waals surface area contributed by atoms with Gasteiger partial charge in [0.05, 0.1) is 28.6 Å². The third-order valence-electron chi connectivity index (χ3n) is 12.8. The number of nitrogens with two attached hydrogens (primary N) is 1. The molecule has 412 valence electrons. The molecular formula is C56H83ClF7N5O3S. The quantitative estimate of drug-likeness (QED) is 0.0579. The summed E-state index contributed by atoms with van der Waals surface area (Å²) in [7, 11) is -0.611. The van der Waals surface area contributed by atoms with E-state index in [-0.39, 0.29) is 80.1 Å². The third-order valence-corrected chi connectivity index (χ3v) is 13.1. The van der Waals surface area contributed by atoms with Crippen molar-refractivity contribution in [2.75, 3.05) is 19.1 Å². The van der Waals surface area contributed by atoms with Gasteiger partial charge in [0, 0.05) is 71.0 Å². The molecule has 2 aromatic carbocycles. The van der Waals surface area contributed by atoms with Crippen molar-refractivity contribution in [3.8, 4) is 5.69 Å². The van der Waals surface area contributed by atoms with Crippen LogP contribution < -0.4 is 11.3 Å². The standard InChI is InChI=1S/C35H37ClF4N4O.C10H19F3.C6H14.C3H7NO.C2H6OS/c1-5-6-28(41)31-20(4)30(10-8-27(31)36)44-33(26(19(2)3)17-21-15-23(37)18-24(38)16-21)43-32-25(34(44)45)7-9-29(42-32)22-11-13-35(39,40)14-12-22;1-4-8(3)6-7-9(5-2)10(11,12)13;1-3-5-6-4-2;1-3(5)2-4;1-4(2)3/h7-10,15-16,18-19,22,26,41H,5-6,11-14,17H2,1-4H3;8-9H,4-7H2,1-3H3;3-6H2,1-2H3;2,4H2,1H3;1-2H3. The van der Waals surface area contributed by atoms with Crippen molar-refractivity contribution in [3.63, 3.8) is 0 Å². The number of hydrogen-bond acceptors (Lipinski definition) is 7. The van der Waals surface area contributed by atoms with E-state index in [9.17, 15) is 44.5 Å². The summed E-state index contributed by atoms with van der Waals surface area (Å²) in [6.07, 6.45) is 8.53. The maximum Gasteiger partial charge on any atom is 0.391 e. The van der Waals surface area contributed by atoms with Crippen LogP contribution >= 0.6 is 11.6 Å². The third kappa shape index (κ3) is 23.2. The lowest BCUT2D eigenvalue weighted by Crippen LogP contribution is -2.30. The van der Waals surface area contributed by atoms with Crippen LogP contribution in [0.25, 0.3) is 16.7 Å². The molecule has 2 heterocycles. The van der Waals surface area contributed by atoms with Gasteiger partial charge in [-0.3, -0.25) is 18.4 Å². The van der Waals surface area contributed by atoms with Crippen LogP contribution in [0, 0.1) is 41.7 Å². The van der Waals surface area contributed by atoms with E-state index in [0.717, 1.165) is 18.9 Å². The summed E-state index contributed by atoms with van der Waals surface area (Å²) >= 11 is 6.58. The maximum atomic E-state index is 14.4. The van der Waals surface area contributed by atoms with Crippen molar-refractivity contribution < 1.29 is 39.7 Å². The average molecular weight is 1070 g/mol. The molecule has 17 heteroatoms. The Morgan fingerprint density at radius 1 is 0.904 bits per heavy atom. The molecule has 3 unspecified atom stereocenters. The molecule has 1 saturated carbocycles. The van der Waals surface area contributed by atoms with Crippen molar-refractivity contribution in [1.29, 1.82) is 5.41 Å². The maximum absolute atomic E-state index is 14.4. The van der Waals surface area contributed by atoms with Gasteiger partial charge in [-0.25, -0.2) is 27.5 Å². The zero-order valence-corrected chi connectivity index (χ0v) is 46.9. The number of benzene rings is 2. The second-order valence-electron chi connectivity index (χ2n) is 19.6. The van der Waals surface area contributed by atoms with E-state index in [1.807, 2.05) is 41.5 Å². The van der Waals surface area contributed by atoms with Gasteiger partial charge in [-0.1, -0.05) is 112 Å². The summed E-state index contributed by atoms with van der Waals surface area (Å²) in [6.45, 7) is 19.4. The summed E-state index contributed by atoms with van der Waals surface area (Å²) in [4.78, 5) is 33.8. The molecule has 1 fully saturated rings. The number of carbonyl (C=O) groups is 1. The van der Waals surface area contributed by atoms with Crippen LogP contribution in [0.15, 0.2) is 47.3 Å². The van der Waals surface area contributed by atoms with Crippen LogP contribution in [0.3, 0.4) is 0 Å². The van der Waals surface area contributed by atoms with Crippen LogP contribution in [0.1, 0.15) is 192 Å². The first-order chi connectivity index (χ1) is 34.1. The highest BCUT2D eigenvalue weighted by atomic mass is 35.5. The van der Waals surface area contributed by atoms with E-state index in [2.05, 4.69) is 13.8 Å². The van der Waals surface area contributed by atoms with Gasteiger partial charge in [-0.15, -0.1) is 0 Å². The molecule has 0 aliphatic heterocycles. The molecule has 0 radical (unpaired) electrons. The Hall–Kier alpha value is -4.02. The van der Waals surface area contributed by atoms with Crippen molar-refractivity contribution in [1.82, 2.24) is 14.5 Å². The van der Waals surface area contributed by atoms with E-state index in [4.69, 9.17) is 32.7 Å². The number of hydrogen-bond donors (Lipinski definition) is 2. The second kappa shape index (κ2) is 33.1. The Bertz CT molecular complexity index is 2370. The van der Waals surface area contributed by atoms with Gasteiger partial charge < -0.3 is 11.1 Å².